The van der Waals surface area contributed by atoms with Gasteiger partial charge in [0.25, 0.3) is 0 Å². The van der Waals surface area contributed by atoms with Gasteiger partial charge in [-0.25, -0.2) is 4.79 Å². The number of hydrogen-bond donors (Lipinski definition) is 1. The molecule has 142 valence electrons. The molecule has 0 spiro atoms. The summed E-state index contributed by atoms with van der Waals surface area (Å²) in [5.41, 5.74) is 0. The van der Waals surface area contributed by atoms with E-state index in [1.165, 1.54) is 96.7 Å². The summed E-state index contributed by atoms with van der Waals surface area (Å²) >= 11 is 0. The topological polar surface area (TPSA) is 46.5 Å². The molecule has 0 bridgehead atoms. The smallest absolute Gasteiger partial charge is 0.333 e. The molecule has 0 saturated heterocycles. The minimum absolute atomic E-state index is 0.136. The van der Waals surface area contributed by atoms with Crippen LogP contribution in [0.4, 0.5) is 0 Å². The van der Waals surface area contributed by atoms with Crippen LogP contribution in [0.2, 0.25) is 0 Å². The van der Waals surface area contributed by atoms with Gasteiger partial charge in [-0.15, -0.1) is 0 Å². The van der Waals surface area contributed by atoms with Gasteiger partial charge in [0.15, 0.2) is 0 Å². The van der Waals surface area contributed by atoms with E-state index in [1.807, 2.05) is 0 Å². The molecule has 0 aromatic heterocycles. The van der Waals surface area contributed by atoms with Crippen LogP contribution < -0.4 is 0 Å². The molecule has 0 rings (SSSR count). The fourth-order valence-electron chi connectivity index (χ4n) is 2.94. The van der Waals surface area contributed by atoms with Crippen LogP contribution in [0.3, 0.4) is 0 Å². The Morgan fingerprint density at radius 3 is 1.50 bits per heavy atom. The van der Waals surface area contributed by atoms with Gasteiger partial charge in [0.2, 0.25) is 0 Å². The Morgan fingerprint density at radius 1 is 0.750 bits per heavy atom. The number of carbonyl (C=O) groups excluding carboxylic acids is 1. The van der Waals surface area contributed by atoms with Gasteiger partial charge in [-0.05, 0) is 6.42 Å². The number of hydrogen-bond acceptors (Lipinski definition) is 3. The van der Waals surface area contributed by atoms with E-state index >= 15 is 0 Å². The first-order valence-electron chi connectivity index (χ1n) is 10.2. The van der Waals surface area contributed by atoms with Crippen LogP contribution in [-0.4, -0.2) is 18.2 Å². The van der Waals surface area contributed by atoms with Crippen molar-refractivity contribution in [2.24, 2.45) is 0 Å². The molecule has 0 radical (unpaired) electrons. The largest absolute Gasteiger partial charge is 0.512 e. The van der Waals surface area contributed by atoms with E-state index in [2.05, 4.69) is 11.7 Å². The van der Waals surface area contributed by atoms with E-state index in [1.54, 1.807) is 0 Å². The average Bonchev–Trinajstić information content (AvgIpc) is 2.58. The number of carbonyl (C=O) groups is 1. The van der Waals surface area contributed by atoms with E-state index in [0.717, 1.165) is 12.8 Å². The van der Waals surface area contributed by atoms with E-state index in [9.17, 15) is 9.90 Å². The second-order valence-electron chi connectivity index (χ2n) is 6.86. The van der Waals surface area contributed by atoms with Crippen LogP contribution in [0.5, 0.6) is 0 Å². The van der Waals surface area contributed by atoms with Gasteiger partial charge in [-0.2, -0.15) is 0 Å². The second kappa shape index (κ2) is 18.4. The molecule has 1 N–H and O–H groups in total. The maximum atomic E-state index is 10.9. The van der Waals surface area contributed by atoms with Crippen LogP contribution in [0.25, 0.3) is 0 Å². The Bertz CT molecular complexity index is 310. The molecule has 0 amide bonds. The monoisotopic (exact) mass is 340 g/mol. The Balaban J connectivity index is 3.18. The summed E-state index contributed by atoms with van der Waals surface area (Å²) in [5, 5.41) is 9.51. The van der Waals surface area contributed by atoms with Crippen LogP contribution in [0.15, 0.2) is 11.8 Å². The zero-order valence-corrected chi connectivity index (χ0v) is 16.2. The fraction of sp³-hybridized carbons (Fsp3) is 0.857. The first kappa shape index (κ1) is 23.0. The molecule has 3 heteroatoms. The number of aliphatic hydroxyl groups is 1. The first-order chi connectivity index (χ1) is 11.7. The van der Waals surface area contributed by atoms with E-state index in [0.29, 0.717) is 6.42 Å². The summed E-state index contributed by atoms with van der Waals surface area (Å²) in [6, 6.07) is 0. The lowest BCUT2D eigenvalue weighted by Crippen LogP contribution is -1.97. The fourth-order valence-corrected chi connectivity index (χ4v) is 2.94. The molecule has 0 heterocycles. The van der Waals surface area contributed by atoms with Crippen LogP contribution in [0.1, 0.15) is 110 Å². The van der Waals surface area contributed by atoms with Crippen molar-refractivity contribution >= 4 is 5.97 Å². The minimum Gasteiger partial charge on any atom is -0.512 e. The number of rotatable bonds is 17. The summed E-state index contributed by atoms with van der Waals surface area (Å²) in [5.74, 6) is -0.343. The number of aliphatic hydroxyl groups excluding tert-OH is 1. The number of allylic oxidation sites excluding steroid dienone is 1. The zero-order chi connectivity index (χ0) is 17.9. The Morgan fingerprint density at radius 2 is 1.12 bits per heavy atom. The zero-order valence-electron chi connectivity index (χ0n) is 16.2. The third-order valence-electron chi connectivity index (χ3n) is 4.52. The normalized spacial score (nSPS) is 11.7. The van der Waals surface area contributed by atoms with Crippen LogP contribution in [-0.2, 0) is 9.53 Å². The van der Waals surface area contributed by atoms with Crippen molar-refractivity contribution in [3.8, 4) is 0 Å². The lowest BCUT2D eigenvalue weighted by atomic mass is 10.0. The second-order valence-corrected chi connectivity index (χ2v) is 6.86. The lowest BCUT2D eigenvalue weighted by Gasteiger charge is -2.03. The third-order valence-corrected chi connectivity index (χ3v) is 4.52. The van der Waals surface area contributed by atoms with E-state index in [4.69, 9.17) is 0 Å². The van der Waals surface area contributed by atoms with Crippen molar-refractivity contribution in [3.05, 3.63) is 11.8 Å². The summed E-state index contributed by atoms with van der Waals surface area (Å²) < 4.78 is 4.47. The number of methoxy groups -OCH3 is 1. The molecule has 3 nitrogen and oxygen atoms in total. The molecule has 0 unspecified atom stereocenters. The Kier molecular flexibility index (Phi) is 17.6. The van der Waals surface area contributed by atoms with Gasteiger partial charge in [0.05, 0.1) is 18.9 Å². The minimum atomic E-state index is -0.478. The van der Waals surface area contributed by atoms with Crippen molar-refractivity contribution in [2.75, 3.05) is 7.11 Å². The standard InChI is InChI=1S/C21H40O3/c1-3-4-5-6-7-8-9-10-11-12-13-14-15-16-17-18-20(22)19-21(23)24-2/h19,22H,3-18H2,1-2H3. The Labute approximate surface area is 149 Å². The van der Waals surface area contributed by atoms with Gasteiger partial charge in [-0.3, -0.25) is 0 Å². The number of ether oxygens (including phenoxy) is 1. The molecular formula is C21H40O3. The molecule has 0 aromatic carbocycles. The number of esters is 1. The SMILES string of the molecule is CCCCCCCCCCCCCCCCCC(O)=CC(=O)OC. The molecule has 0 atom stereocenters. The van der Waals surface area contributed by atoms with E-state index < -0.39 is 5.97 Å². The molecule has 0 aliphatic heterocycles. The van der Waals surface area contributed by atoms with Gasteiger partial charge in [0, 0.05) is 6.42 Å². The summed E-state index contributed by atoms with van der Waals surface area (Å²) in [4.78, 5) is 10.9. The van der Waals surface area contributed by atoms with Gasteiger partial charge >= 0.3 is 5.97 Å². The van der Waals surface area contributed by atoms with Crippen LogP contribution in [0, 0.1) is 0 Å². The van der Waals surface area contributed by atoms with Crippen molar-refractivity contribution in [3.63, 3.8) is 0 Å². The van der Waals surface area contributed by atoms with Crippen LogP contribution >= 0.6 is 0 Å². The lowest BCUT2D eigenvalue weighted by molar-refractivity contribution is -0.135. The highest BCUT2D eigenvalue weighted by Crippen LogP contribution is 2.14. The molecule has 0 aromatic rings. The third kappa shape index (κ3) is 17.4. The summed E-state index contributed by atoms with van der Waals surface area (Å²) in [6.45, 7) is 2.27. The van der Waals surface area contributed by atoms with E-state index in [-0.39, 0.29) is 5.76 Å². The maximum Gasteiger partial charge on any atom is 0.333 e. The molecule has 0 saturated carbocycles. The molecule has 0 aliphatic rings. The van der Waals surface area contributed by atoms with Crippen molar-refractivity contribution in [1.82, 2.24) is 0 Å². The molecule has 24 heavy (non-hydrogen) atoms. The molecular weight excluding hydrogens is 300 g/mol. The average molecular weight is 341 g/mol. The molecule has 0 aliphatic carbocycles. The number of unbranched alkanes of at least 4 members (excludes halogenated alkanes) is 14. The highest BCUT2D eigenvalue weighted by Gasteiger charge is 2.00. The Hall–Kier alpha value is -0.990. The van der Waals surface area contributed by atoms with Gasteiger partial charge in [-0.1, -0.05) is 96.8 Å². The molecule has 0 fully saturated rings. The summed E-state index contributed by atoms with van der Waals surface area (Å²) in [7, 11) is 1.32. The van der Waals surface area contributed by atoms with Crippen molar-refractivity contribution in [2.45, 2.75) is 110 Å². The quantitative estimate of drug-likeness (QED) is 0.136. The first-order valence-corrected chi connectivity index (χ1v) is 10.2. The predicted octanol–water partition coefficient (Wildman–Crippen LogP) is 6.86. The predicted molar refractivity (Wildman–Crippen MR) is 102 cm³/mol. The van der Waals surface area contributed by atoms with Gasteiger partial charge < -0.3 is 9.84 Å². The highest BCUT2D eigenvalue weighted by atomic mass is 16.5. The van der Waals surface area contributed by atoms with Crippen molar-refractivity contribution < 1.29 is 14.6 Å². The van der Waals surface area contributed by atoms with Crippen molar-refractivity contribution in [1.29, 1.82) is 0 Å². The maximum absolute atomic E-state index is 10.9. The highest BCUT2D eigenvalue weighted by molar-refractivity contribution is 5.82. The van der Waals surface area contributed by atoms with Gasteiger partial charge in [0.1, 0.15) is 0 Å². The summed E-state index contributed by atoms with van der Waals surface area (Å²) in [6.07, 6.45) is 21.7.